The van der Waals surface area contributed by atoms with E-state index >= 15 is 0 Å². The second-order valence-corrected chi connectivity index (χ2v) is 7.14. The van der Waals surface area contributed by atoms with Crippen LogP contribution in [-0.2, 0) is 22.7 Å². The molecule has 0 aliphatic rings. The fraction of sp³-hybridized carbons (Fsp3) is 0.286. The normalized spacial score (nSPS) is 11.1. The minimum absolute atomic E-state index is 0.0758. The van der Waals surface area contributed by atoms with Gasteiger partial charge < -0.3 is 14.6 Å². The van der Waals surface area contributed by atoms with Crippen LogP contribution in [0.2, 0.25) is 5.02 Å². The van der Waals surface area contributed by atoms with Crippen molar-refractivity contribution in [2.24, 2.45) is 0 Å². The lowest BCUT2D eigenvalue weighted by molar-refractivity contribution is -0.139. The number of aromatic amines is 1. The summed E-state index contributed by atoms with van der Waals surface area (Å²) in [5, 5.41) is 1.13. The summed E-state index contributed by atoms with van der Waals surface area (Å²) in [7, 11) is 0. The highest BCUT2D eigenvalue weighted by molar-refractivity contribution is 6.31. The minimum Gasteiger partial charge on any atom is -0.367 e. The Morgan fingerprint density at radius 1 is 1.18 bits per heavy atom. The van der Waals surface area contributed by atoms with Gasteiger partial charge in [-0.15, -0.1) is 0 Å². The lowest BCUT2D eigenvalue weighted by atomic mass is 10.2. The van der Waals surface area contributed by atoms with E-state index in [0.717, 1.165) is 5.56 Å². The lowest BCUT2D eigenvalue weighted by Crippen LogP contribution is -2.39. The molecule has 0 aliphatic carbocycles. The topological polar surface area (TPSA) is 75.3 Å². The van der Waals surface area contributed by atoms with Gasteiger partial charge in [0.05, 0.1) is 24.1 Å². The molecular weight excluding hydrogens is 378 g/mol. The molecule has 3 rings (SSSR count). The molecule has 0 saturated heterocycles. The van der Waals surface area contributed by atoms with E-state index in [1.807, 2.05) is 38.1 Å². The number of benzene rings is 2. The van der Waals surface area contributed by atoms with Crippen LogP contribution in [-0.4, -0.2) is 33.4 Å². The number of nitrogens with one attached hydrogen (secondary N) is 1. The molecule has 1 heterocycles. The maximum Gasteiger partial charge on any atom is 0.258 e. The highest BCUT2D eigenvalue weighted by atomic mass is 35.5. The number of hydrogen-bond acceptors (Lipinski definition) is 4. The third kappa shape index (κ3) is 4.77. The van der Waals surface area contributed by atoms with Crippen LogP contribution in [0, 0.1) is 0 Å². The van der Waals surface area contributed by atoms with Gasteiger partial charge in [0.1, 0.15) is 12.4 Å². The summed E-state index contributed by atoms with van der Waals surface area (Å²) in [4.78, 5) is 33.8. The predicted octanol–water partition coefficient (Wildman–Crippen LogP) is 3.53. The van der Waals surface area contributed by atoms with Gasteiger partial charge in [0.2, 0.25) is 5.91 Å². The molecule has 2 aromatic carbocycles. The summed E-state index contributed by atoms with van der Waals surface area (Å²) < 4.78 is 5.56. The second kappa shape index (κ2) is 8.99. The first-order valence-corrected chi connectivity index (χ1v) is 9.42. The summed E-state index contributed by atoms with van der Waals surface area (Å²) in [5.41, 5.74) is 1.22. The van der Waals surface area contributed by atoms with Crippen molar-refractivity contribution in [3.8, 4) is 0 Å². The van der Waals surface area contributed by atoms with Crippen molar-refractivity contribution in [2.45, 2.75) is 33.0 Å². The number of ether oxygens (including phenoxy) is 1. The van der Waals surface area contributed by atoms with Crippen molar-refractivity contribution in [3.05, 3.63) is 75.3 Å². The third-order valence-corrected chi connectivity index (χ3v) is 4.74. The van der Waals surface area contributed by atoms with Crippen LogP contribution in [0.5, 0.6) is 0 Å². The van der Waals surface area contributed by atoms with Crippen molar-refractivity contribution in [1.29, 1.82) is 0 Å². The standard InChI is InChI=1S/C21H22ClN3O3/c1-14(2)25(20(26)13-28-12-15-7-3-5-9-17(15)22)11-19-23-18-10-6-4-8-16(18)21(27)24-19/h3-10,14H,11-13H2,1-2H3,(H,23,24,27). The molecule has 3 aromatic rings. The zero-order chi connectivity index (χ0) is 20.1. The van der Waals surface area contributed by atoms with E-state index in [1.165, 1.54) is 0 Å². The molecule has 1 amide bonds. The summed E-state index contributed by atoms with van der Waals surface area (Å²) in [6, 6.07) is 14.4. The van der Waals surface area contributed by atoms with Gasteiger partial charge in [0.15, 0.2) is 0 Å². The quantitative estimate of drug-likeness (QED) is 0.659. The van der Waals surface area contributed by atoms with E-state index in [4.69, 9.17) is 16.3 Å². The molecule has 0 fully saturated rings. The molecule has 0 aliphatic heterocycles. The van der Waals surface area contributed by atoms with Gasteiger partial charge in [0.25, 0.3) is 5.56 Å². The first kappa shape index (κ1) is 20.0. The zero-order valence-corrected chi connectivity index (χ0v) is 16.6. The first-order valence-electron chi connectivity index (χ1n) is 9.04. The second-order valence-electron chi connectivity index (χ2n) is 6.73. The van der Waals surface area contributed by atoms with Crippen LogP contribution < -0.4 is 5.56 Å². The van der Waals surface area contributed by atoms with Crippen LogP contribution in [0.15, 0.2) is 53.3 Å². The van der Waals surface area contributed by atoms with Crippen LogP contribution in [0.1, 0.15) is 25.2 Å². The molecule has 1 N–H and O–H groups in total. The fourth-order valence-electron chi connectivity index (χ4n) is 2.88. The number of amides is 1. The van der Waals surface area contributed by atoms with Gasteiger partial charge in [-0.1, -0.05) is 41.9 Å². The number of rotatable bonds is 7. The Morgan fingerprint density at radius 3 is 2.64 bits per heavy atom. The molecular formula is C21H22ClN3O3. The summed E-state index contributed by atoms with van der Waals surface area (Å²) >= 11 is 6.11. The molecule has 0 spiro atoms. The Hall–Kier alpha value is -2.70. The number of halogens is 1. The number of H-pyrrole nitrogens is 1. The van der Waals surface area contributed by atoms with E-state index in [1.54, 1.807) is 29.2 Å². The molecule has 0 saturated carbocycles. The molecule has 6 nitrogen and oxygen atoms in total. The molecule has 0 bridgehead atoms. The number of carbonyl (C=O) groups excluding carboxylic acids is 1. The zero-order valence-electron chi connectivity index (χ0n) is 15.8. The monoisotopic (exact) mass is 399 g/mol. The number of aromatic nitrogens is 2. The maximum atomic E-state index is 12.7. The Bertz CT molecular complexity index is 1030. The van der Waals surface area contributed by atoms with Crippen LogP contribution >= 0.6 is 11.6 Å². The van der Waals surface area contributed by atoms with Gasteiger partial charge in [-0.2, -0.15) is 0 Å². The number of fused-ring (bicyclic) bond motifs is 1. The van der Waals surface area contributed by atoms with Gasteiger partial charge in [-0.3, -0.25) is 9.59 Å². The Balaban J connectivity index is 1.68. The predicted molar refractivity (Wildman–Crippen MR) is 109 cm³/mol. The molecule has 0 unspecified atom stereocenters. The van der Waals surface area contributed by atoms with Crippen molar-refractivity contribution in [3.63, 3.8) is 0 Å². The van der Waals surface area contributed by atoms with E-state index in [-0.39, 0.29) is 37.3 Å². The Kier molecular flexibility index (Phi) is 6.44. The average molecular weight is 400 g/mol. The highest BCUT2D eigenvalue weighted by Crippen LogP contribution is 2.16. The third-order valence-electron chi connectivity index (χ3n) is 4.37. The molecule has 0 atom stereocenters. The molecule has 146 valence electrons. The van der Waals surface area contributed by atoms with Gasteiger partial charge in [0, 0.05) is 11.1 Å². The average Bonchev–Trinajstić information content (AvgIpc) is 2.67. The van der Waals surface area contributed by atoms with E-state index in [9.17, 15) is 9.59 Å². The smallest absolute Gasteiger partial charge is 0.258 e. The number of carbonyl (C=O) groups is 1. The largest absolute Gasteiger partial charge is 0.367 e. The lowest BCUT2D eigenvalue weighted by Gasteiger charge is -2.26. The Morgan fingerprint density at radius 2 is 1.89 bits per heavy atom. The number of para-hydroxylation sites is 1. The van der Waals surface area contributed by atoms with Crippen molar-refractivity contribution in [1.82, 2.24) is 14.9 Å². The van der Waals surface area contributed by atoms with Crippen molar-refractivity contribution in [2.75, 3.05) is 6.61 Å². The summed E-state index contributed by atoms with van der Waals surface area (Å²) in [6.45, 7) is 4.19. The van der Waals surface area contributed by atoms with Crippen LogP contribution in [0.25, 0.3) is 10.9 Å². The first-order chi connectivity index (χ1) is 13.5. The number of hydrogen-bond donors (Lipinski definition) is 1. The Labute approximate surface area is 168 Å². The molecule has 0 radical (unpaired) electrons. The van der Waals surface area contributed by atoms with E-state index in [2.05, 4.69) is 9.97 Å². The maximum absolute atomic E-state index is 12.7. The SMILES string of the molecule is CC(C)N(Cc1nc2ccccc2c(=O)[nH]1)C(=O)COCc1ccccc1Cl. The van der Waals surface area contributed by atoms with E-state index in [0.29, 0.717) is 21.7 Å². The summed E-state index contributed by atoms with van der Waals surface area (Å²) in [5.74, 6) is 0.259. The van der Waals surface area contributed by atoms with Crippen LogP contribution in [0.3, 0.4) is 0 Å². The minimum atomic E-state index is -0.216. The highest BCUT2D eigenvalue weighted by Gasteiger charge is 2.19. The van der Waals surface area contributed by atoms with Gasteiger partial charge >= 0.3 is 0 Å². The molecule has 28 heavy (non-hydrogen) atoms. The van der Waals surface area contributed by atoms with Crippen LogP contribution in [0.4, 0.5) is 0 Å². The molecule has 7 heteroatoms. The van der Waals surface area contributed by atoms with Gasteiger partial charge in [-0.05, 0) is 37.6 Å². The van der Waals surface area contributed by atoms with Crippen molar-refractivity contribution >= 4 is 28.4 Å². The fourth-order valence-corrected chi connectivity index (χ4v) is 3.07. The van der Waals surface area contributed by atoms with Gasteiger partial charge in [-0.25, -0.2) is 4.98 Å². The van der Waals surface area contributed by atoms with E-state index < -0.39 is 0 Å². The molecule has 1 aromatic heterocycles. The van der Waals surface area contributed by atoms with Crippen molar-refractivity contribution < 1.29 is 9.53 Å². The summed E-state index contributed by atoms with van der Waals surface area (Å²) in [6.07, 6.45) is 0. The number of nitrogens with zero attached hydrogens (tertiary/aromatic N) is 2.